The lowest BCUT2D eigenvalue weighted by molar-refractivity contribution is 0.559. The average Bonchev–Trinajstić information content (AvgIpc) is 3.02. The third kappa shape index (κ3) is 3.06. The molecular weight excluding hydrogens is 332 g/mol. The van der Waals surface area contributed by atoms with Crippen LogP contribution in [0, 0.1) is 0 Å². The van der Waals surface area contributed by atoms with E-state index in [1.807, 2.05) is 73.6 Å². The number of hydrogen-bond donors (Lipinski definition) is 0. The molecule has 0 saturated heterocycles. The van der Waals surface area contributed by atoms with Crippen molar-refractivity contribution in [1.29, 1.82) is 0 Å². The van der Waals surface area contributed by atoms with E-state index < -0.39 is 0 Å². The predicted octanol–water partition coefficient (Wildman–Crippen LogP) is 4.64. The molecule has 2 heterocycles. The largest absolute Gasteiger partial charge is 0.422 e. The maximum atomic E-state index is 12.3. The highest BCUT2D eigenvalue weighted by molar-refractivity contribution is 7.19. The van der Waals surface area contributed by atoms with Gasteiger partial charge in [-0.1, -0.05) is 12.1 Å². The lowest BCUT2D eigenvalue weighted by Crippen LogP contribution is -2.08. The molecule has 0 radical (unpaired) electrons. The lowest BCUT2D eigenvalue weighted by atomic mass is 10.1. The Morgan fingerprint density at radius 3 is 2.72 bits per heavy atom. The van der Waals surface area contributed by atoms with E-state index in [2.05, 4.69) is 4.98 Å². The maximum absolute atomic E-state index is 12.3. The fourth-order valence-electron chi connectivity index (χ4n) is 2.63. The van der Waals surface area contributed by atoms with Crippen molar-refractivity contribution in [1.82, 2.24) is 4.98 Å². The molecule has 4 rings (SSSR count). The summed E-state index contributed by atoms with van der Waals surface area (Å²) in [6.45, 7) is 0. The predicted molar refractivity (Wildman–Crippen MR) is 105 cm³/mol. The summed E-state index contributed by atoms with van der Waals surface area (Å²) in [5.41, 5.74) is 2.72. The molecule has 0 aliphatic heterocycles. The van der Waals surface area contributed by atoms with Crippen LogP contribution in [0.2, 0.25) is 0 Å². The molecule has 0 fully saturated rings. The summed E-state index contributed by atoms with van der Waals surface area (Å²) < 4.78 is 6.61. The summed E-state index contributed by atoms with van der Waals surface area (Å²) in [7, 11) is 3.91. The van der Waals surface area contributed by atoms with Gasteiger partial charge < -0.3 is 9.32 Å². The zero-order chi connectivity index (χ0) is 17.4. The van der Waals surface area contributed by atoms with Crippen molar-refractivity contribution >= 4 is 50.4 Å². The van der Waals surface area contributed by atoms with E-state index >= 15 is 0 Å². The van der Waals surface area contributed by atoms with Crippen LogP contribution in [-0.4, -0.2) is 19.1 Å². The highest BCUT2D eigenvalue weighted by Gasteiger charge is 2.06. The first-order valence-electron chi connectivity index (χ1n) is 7.89. The fraction of sp³-hybridized carbons (Fsp3) is 0.100. The summed E-state index contributed by atoms with van der Waals surface area (Å²) in [6, 6.07) is 15.7. The molecule has 0 unspecified atom stereocenters. The van der Waals surface area contributed by atoms with Crippen LogP contribution in [0.25, 0.3) is 33.3 Å². The van der Waals surface area contributed by atoms with E-state index in [0.29, 0.717) is 11.1 Å². The SMILES string of the molecule is CN(C)c1ccc2cc(/C=C/c3nc4ccccc4s3)c(=O)oc2c1. The van der Waals surface area contributed by atoms with E-state index in [0.717, 1.165) is 26.3 Å². The van der Waals surface area contributed by atoms with E-state index in [1.165, 1.54) is 0 Å². The Bertz CT molecular complexity index is 1120. The van der Waals surface area contributed by atoms with Crippen molar-refractivity contribution in [2.75, 3.05) is 19.0 Å². The van der Waals surface area contributed by atoms with Crippen molar-refractivity contribution in [3.05, 3.63) is 69.5 Å². The summed E-state index contributed by atoms with van der Waals surface area (Å²) in [4.78, 5) is 18.8. The molecule has 124 valence electrons. The van der Waals surface area contributed by atoms with Crippen molar-refractivity contribution in [2.45, 2.75) is 0 Å². The molecule has 0 aliphatic carbocycles. The van der Waals surface area contributed by atoms with Gasteiger partial charge in [0.2, 0.25) is 0 Å². The van der Waals surface area contributed by atoms with Gasteiger partial charge in [0, 0.05) is 31.2 Å². The number of hydrogen-bond acceptors (Lipinski definition) is 5. The number of fused-ring (bicyclic) bond motifs is 2. The van der Waals surface area contributed by atoms with E-state index in [4.69, 9.17) is 4.42 Å². The molecule has 0 spiro atoms. The summed E-state index contributed by atoms with van der Waals surface area (Å²) in [5, 5.41) is 1.76. The second-order valence-electron chi connectivity index (χ2n) is 5.96. The van der Waals surface area contributed by atoms with E-state index in [1.54, 1.807) is 17.4 Å². The highest BCUT2D eigenvalue weighted by atomic mass is 32.1. The smallest absolute Gasteiger partial charge is 0.343 e. The van der Waals surface area contributed by atoms with Gasteiger partial charge in [-0.25, -0.2) is 9.78 Å². The highest BCUT2D eigenvalue weighted by Crippen LogP contribution is 2.24. The van der Waals surface area contributed by atoms with Gasteiger partial charge in [-0.3, -0.25) is 0 Å². The standard InChI is InChI=1S/C20H16N2O2S/c1-22(2)15-9-7-13-11-14(20(23)24-17(13)12-15)8-10-19-21-16-5-3-4-6-18(16)25-19/h3-12H,1-2H3/b10-8+. The van der Waals surface area contributed by atoms with Crippen molar-refractivity contribution < 1.29 is 4.42 Å². The number of rotatable bonds is 3. The third-order valence-electron chi connectivity index (χ3n) is 3.98. The first-order chi connectivity index (χ1) is 12.1. The van der Waals surface area contributed by atoms with Crippen LogP contribution >= 0.6 is 11.3 Å². The van der Waals surface area contributed by atoms with Gasteiger partial charge in [-0.2, -0.15) is 0 Å². The number of aromatic nitrogens is 1. The minimum atomic E-state index is -0.347. The molecule has 25 heavy (non-hydrogen) atoms. The fourth-order valence-corrected chi connectivity index (χ4v) is 3.50. The molecule has 0 atom stereocenters. The molecule has 2 aromatic carbocycles. The van der Waals surface area contributed by atoms with E-state index in [-0.39, 0.29) is 5.63 Å². The Morgan fingerprint density at radius 2 is 1.92 bits per heavy atom. The molecule has 2 aromatic heterocycles. The number of thiazole rings is 1. The van der Waals surface area contributed by atoms with Crippen LogP contribution < -0.4 is 10.5 Å². The van der Waals surface area contributed by atoms with Gasteiger partial charge >= 0.3 is 5.63 Å². The van der Waals surface area contributed by atoms with Gasteiger partial charge in [0.15, 0.2) is 0 Å². The molecule has 0 saturated carbocycles. The van der Waals surface area contributed by atoms with Crippen molar-refractivity contribution in [3.8, 4) is 0 Å². The Labute approximate surface area is 148 Å². The van der Waals surface area contributed by atoms with Crippen LogP contribution in [0.4, 0.5) is 5.69 Å². The van der Waals surface area contributed by atoms with E-state index in [9.17, 15) is 4.79 Å². The minimum Gasteiger partial charge on any atom is -0.422 e. The summed E-state index contributed by atoms with van der Waals surface area (Å²) >= 11 is 1.60. The second-order valence-corrected chi connectivity index (χ2v) is 7.02. The van der Waals surface area contributed by atoms with Gasteiger partial charge in [0.05, 0.1) is 15.8 Å². The summed E-state index contributed by atoms with van der Waals surface area (Å²) in [5.74, 6) is 0. The number of anilines is 1. The third-order valence-corrected chi connectivity index (χ3v) is 4.98. The quantitative estimate of drug-likeness (QED) is 0.506. The van der Waals surface area contributed by atoms with Gasteiger partial charge in [-0.15, -0.1) is 11.3 Å². The monoisotopic (exact) mass is 348 g/mol. The van der Waals surface area contributed by atoms with Crippen LogP contribution in [-0.2, 0) is 0 Å². The van der Waals surface area contributed by atoms with Crippen molar-refractivity contribution in [2.24, 2.45) is 0 Å². The number of nitrogens with zero attached hydrogens (tertiary/aromatic N) is 2. The number of para-hydroxylation sites is 1. The van der Waals surface area contributed by atoms with Crippen LogP contribution in [0.15, 0.2) is 57.7 Å². The Hall–Kier alpha value is -2.92. The first-order valence-corrected chi connectivity index (χ1v) is 8.71. The molecule has 4 nitrogen and oxygen atoms in total. The molecule has 5 heteroatoms. The molecule has 0 N–H and O–H groups in total. The zero-order valence-electron chi connectivity index (χ0n) is 13.9. The number of benzene rings is 2. The van der Waals surface area contributed by atoms with Gasteiger partial charge in [0.25, 0.3) is 0 Å². The lowest BCUT2D eigenvalue weighted by Gasteiger charge is -2.12. The Kier molecular flexibility index (Phi) is 3.86. The molecule has 0 aliphatic rings. The van der Waals surface area contributed by atoms with Gasteiger partial charge in [0.1, 0.15) is 10.6 Å². The molecular formula is C20H16N2O2S. The normalized spacial score (nSPS) is 11.6. The average molecular weight is 348 g/mol. The Balaban J connectivity index is 1.72. The van der Waals surface area contributed by atoms with Crippen LogP contribution in [0.1, 0.15) is 10.6 Å². The minimum absolute atomic E-state index is 0.347. The molecule has 0 bridgehead atoms. The van der Waals surface area contributed by atoms with Gasteiger partial charge in [-0.05, 0) is 42.5 Å². The van der Waals surface area contributed by atoms with Crippen molar-refractivity contribution in [3.63, 3.8) is 0 Å². The maximum Gasteiger partial charge on any atom is 0.343 e. The Morgan fingerprint density at radius 1 is 1.08 bits per heavy atom. The second kappa shape index (κ2) is 6.18. The molecule has 0 amide bonds. The first kappa shape index (κ1) is 15.6. The zero-order valence-corrected chi connectivity index (χ0v) is 14.7. The summed E-state index contributed by atoms with van der Waals surface area (Å²) in [6.07, 6.45) is 3.62. The molecule has 4 aromatic rings. The van der Waals surface area contributed by atoms with Crippen LogP contribution in [0.5, 0.6) is 0 Å². The van der Waals surface area contributed by atoms with Crippen LogP contribution in [0.3, 0.4) is 0 Å². The topological polar surface area (TPSA) is 46.3 Å².